The van der Waals surface area contributed by atoms with E-state index in [9.17, 15) is 4.39 Å². The summed E-state index contributed by atoms with van der Waals surface area (Å²) in [7, 11) is 0. The Morgan fingerprint density at radius 1 is 1.33 bits per heavy atom. The summed E-state index contributed by atoms with van der Waals surface area (Å²) < 4.78 is 13.8. The third-order valence-corrected chi connectivity index (χ3v) is 3.61. The summed E-state index contributed by atoms with van der Waals surface area (Å²) in [4.78, 5) is 0. The van der Waals surface area contributed by atoms with Crippen LogP contribution in [0.15, 0.2) is 22.7 Å². The van der Waals surface area contributed by atoms with Gasteiger partial charge < -0.3 is 5.32 Å². The molecule has 0 amide bonds. The van der Waals surface area contributed by atoms with Gasteiger partial charge in [0.15, 0.2) is 0 Å². The molecule has 3 heteroatoms. The van der Waals surface area contributed by atoms with E-state index in [4.69, 9.17) is 0 Å². The molecular formula is C12H15BrFN. The summed E-state index contributed by atoms with van der Waals surface area (Å²) in [6, 6.07) is 5.45. The van der Waals surface area contributed by atoms with Crippen LogP contribution < -0.4 is 5.32 Å². The fourth-order valence-electron chi connectivity index (χ4n) is 2.09. The minimum atomic E-state index is -0.151. The number of nitrogens with one attached hydrogen (secondary N) is 1. The maximum Gasteiger partial charge on any atom is 0.137 e. The van der Waals surface area contributed by atoms with Crippen molar-refractivity contribution >= 4 is 15.9 Å². The van der Waals surface area contributed by atoms with Crippen LogP contribution in [0.2, 0.25) is 0 Å². The van der Waals surface area contributed by atoms with Crippen LogP contribution in [0.5, 0.6) is 0 Å². The molecule has 0 spiro atoms. The molecule has 0 unspecified atom stereocenters. The third-order valence-electron chi connectivity index (χ3n) is 2.97. The molecule has 1 nitrogen and oxygen atoms in total. The van der Waals surface area contributed by atoms with Crippen molar-refractivity contribution in [3.63, 3.8) is 0 Å². The van der Waals surface area contributed by atoms with Crippen LogP contribution in [-0.4, -0.2) is 13.1 Å². The molecular weight excluding hydrogens is 257 g/mol. The van der Waals surface area contributed by atoms with E-state index in [1.54, 1.807) is 12.1 Å². The van der Waals surface area contributed by atoms with E-state index in [0.29, 0.717) is 10.4 Å². The molecule has 1 saturated heterocycles. The van der Waals surface area contributed by atoms with E-state index in [2.05, 4.69) is 21.2 Å². The van der Waals surface area contributed by atoms with Gasteiger partial charge in [-0.25, -0.2) is 4.39 Å². The first-order valence-electron chi connectivity index (χ1n) is 5.40. The monoisotopic (exact) mass is 271 g/mol. The first kappa shape index (κ1) is 11.1. The van der Waals surface area contributed by atoms with Gasteiger partial charge in [-0.1, -0.05) is 6.07 Å². The molecule has 15 heavy (non-hydrogen) atoms. The number of piperidine rings is 1. The molecule has 1 aliphatic rings. The molecule has 0 aromatic heterocycles. The van der Waals surface area contributed by atoms with Gasteiger partial charge in [0.2, 0.25) is 0 Å². The lowest BCUT2D eigenvalue weighted by Gasteiger charge is -2.22. The van der Waals surface area contributed by atoms with Crippen molar-refractivity contribution in [2.45, 2.75) is 19.3 Å². The van der Waals surface area contributed by atoms with E-state index in [1.807, 2.05) is 6.07 Å². The lowest BCUT2D eigenvalue weighted by molar-refractivity contribution is 0.372. The fourth-order valence-corrected chi connectivity index (χ4v) is 2.33. The van der Waals surface area contributed by atoms with Crippen LogP contribution in [0.1, 0.15) is 18.4 Å². The van der Waals surface area contributed by atoms with Gasteiger partial charge in [0.05, 0.1) is 4.47 Å². The van der Waals surface area contributed by atoms with Gasteiger partial charge in [0.25, 0.3) is 0 Å². The van der Waals surface area contributed by atoms with Gasteiger partial charge in [-0.3, -0.25) is 0 Å². The fraction of sp³-hybridized carbons (Fsp3) is 0.500. The standard InChI is InChI=1S/C12H15BrFN/c13-11-2-1-10(8-12(11)14)7-9-3-5-15-6-4-9/h1-2,8-9,15H,3-7H2. The van der Waals surface area contributed by atoms with Crippen LogP contribution in [-0.2, 0) is 6.42 Å². The van der Waals surface area contributed by atoms with E-state index < -0.39 is 0 Å². The molecule has 0 saturated carbocycles. The second kappa shape index (κ2) is 5.08. The van der Waals surface area contributed by atoms with Crippen molar-refractivity contribution in [1.29, 1.82) is 0 Å². The van der Waals surface area contributed by atoms with Crippen LogP contribution >= 0.6 is 15.9 Å². The predicted molar refractivity (Wildman–Crippen MR) is 63.4 cm³/mol. The summed E-state index contributed by atoms with van der Waals surface area (Å²) in [5.74, 6) is 0.563. The van der Waals surface area contributed by atoms with Crippen molar-refractivity contribution in [2.75, 3.05) is 13.1 Å². The molecule has 1 N–H and O–H groups in total. The van der Waals surface area contributed by atoms with Crippen molar-refractivity contribution in [1.82, 2.24) is 5.32 Å². The Balaban J connectivity index is 2.00. The quantitative estimate of drug-likeness (QED) is 0.872. The minimum absolute atomic E-state index is 0.151. The highest BCUT2D eigenvalue weighted by Crippen LogP contribution is 2.21. The Bertz CT molecular complexity index is 334. The summed E-state index contributed by atoms with van der Waals surface area (Å²) in [5.41, 5.74) is 1.11. The molecule has 1 aromatic carbocycles. The molecule has 1 fully saturated rings. The Morgan fingerprint density at radius 2 is 2.07 bits per heavy atom. The predicted octanol–water partition coefficient (Wildman–Crippen LogP) is 3.13. The lowest BCUT2D eigenvalue weighted by Crippen LogP contribution is -2.28. The lowest BCUT2D eigenvalue weighted by atomic mass is 9.91. The molecule has 2 rings (SSSR count). The van der Waals surface area contributed by atoms with Gasteiger partial charge in [0.1, 0.15) is 5.82 Å². The SMILES string of the molecule is Fc1cc(CC2CCNCC2)ccc1Br. The zero-order chi connectivity index (χ0) is 10.7. The number of hydrogen-bond donors (Lipinski definition) is 1. The van der Waals surface area contributed by atoms with Crippen molar-refractivity contribution in [2.24, 2.45) is 5.92 Å². The van der Waals surface area contributed by atoms with Crippen LogP contribution in [0.4, 0.5) is 4.39 Å². The average molecular weight is 272 g/mol. The van der Waals surface area contributed by atoms with Gasteiger partial charge >= 0.3 is 0 Å². The highest BCUT2D eigenvalue weighted by atomic mass is 79.9. The van der Waals surface area contributed by atoms with Crippen molar-refractivity contribution in [3.8, 4) is 0 Å². The molecule has 1 aliphatic heterocycles. The molecule has 82 valence electrons. The summed E-state index contributed by atoms with van der Waals surface area (Å²) in [5, 5.41) is 3.34. The van der Waals surface area contributed by atoms with Crippen LogP contribution in [0, 0.1) is 11.7 Å². The first-order valence-corrected chi connectivity index (χ1v) is 6.19. The van der Waals surface area contributed by atoms with Crippen LogP contribution in [0.25, 0.3) is 0 Å². The van der Waals surface area contributed by atoms with Gasteiger partial charge in [-0.2, -0.15) is 0 Å². The normalized spacial score (nSPS) is 18.0. The Kier molecular flexibility index (Phi) is 3.76. The number of hydrogen-bond acceptors (Lipinski definition) is 1. The molecule has 1 aromatic rings. The van der Waals surface area contributed by atoms with Crippen LogP contribution in [0.3, 0.4) is 0 Å². The second-order valence-corrected chi connectivity index (χ2v) is 5.00. The Labute approximate surface area is 98.2 Å². The molecule has 0 radical (unpaired) electrons. The summed E-state index contributed by atoms with van der Waals surface area (Å²) >= 11 is 3.17. The molecule has 1 heterocycles. The number of halogens is 2. The van der Waals surface area contributed by atoms with E-state index in [1.165, 1.54) is 12.8 Å². The smallest absolute Gasteiger partial charge is 0.137 e. The maximum absolute atomic E-state index is 13.3. The van der Waals surface area contributed by atoms with Crippen molar-refractivity contribution in [3.05, 3.63) is 34.1 Å². The highest BCUT2D eigenvalue weighted by Gasteiger charge is 2.13. The first-order chi connectivity index (χ1) is 7.25. The largest absolute Gasteiger partial charge is 0.317 e. The summed E-state index contributed by atoms with van der Waals surface area (Å²) in [6.45, 7) is 2.20. The highest BCUT2D eigenvalue weighted by molar-refractivity contribution is 9.10. The number of benzene rings is 1. The molecule has 0 atom stereocenters. The van der Waals surface area contributed by atoms with Crippen molar-refractivity contribution < 1.29 is 4.39 Å². The maximum atomic E-state index is 13.3. The van der Waals surface area contributed by atoms with E-state index in [0.717, 1.165) is 25.1 Å². The minimum Gasteiger partial charge on any atom is -0.317 e. The Hall–Kier alpha value is -0.410. The van der Waals surface area contributed by atoms with Gasteiger partial charge in [0, 0.05) is 0 Å². The number of rotatable bonds is 2. The topological polar surface area (TPSA) is 12.0 Å². The van der Waals surface area contributed by atoms with E-state index >= 15 is 0 Å². The van der Waals surface area contributed by atoms with Gasteiger partial charge in [-0.05, 0) is 71.9 Å². The third kappa shape index (κ3) is 3.02. The Morgan fingerprint density at radius 3 is 2.73 bits per heavy atom. The average Bonchev–Trinajstić information content (AvgIpc) is 2.25. The zero-order valence-corrected chi connectivity index (χ0v) is 10.2. The molecule has 0 bridgehead atoms. The summed E-state index contributed by atoms with van der Waals surface area (Å²) in [6.07, 6.45) is 3.42. The second-order valence-electron chi connectivity index (χ2n) is 4.15. The van der Waals surface area contributed by atoms with E-state index in [-0.39, 0.29) is 5.82 Å². The molecule has 0 aliphatic carbocycles. The zero-order valence-electron chi connectivity index (χ0n) is 8.60. The van der Waals surface area contributed by atoms with Gasteiger partial charge in [-0.15, -0.1) is 0 Å².